The summed E-state index contributed by atoms with van der Waals surface area (Å²) in [6.45, 7) is 6.36. The molecule has 1 saturated heterocycles. The zero-order valence-electron chi connectivity index (χ0n) is 16.1. The monoisotopic (exact) mass is 386 g/mol. The number of likely N-dealkylation sites (N-methyl/N-ethyl adjacent to an activating group) is 1. The number of carbonyl (C=O) groups is 1. The molecule has 0 bridgehead atoms. The Balaban J connectivity index is 1.73. The van der Waals surface area contributed by atoms with Gasteiger partial charge in [-0.3, -0.25) is 9.69 Å². The fourth-order valence-electron chi connectivity index (χ4n) is 3.49. The lowest BCUT2D eigenvalue weighted by Crippen LogP contribution is -2.31. The molecule has 27 heavy (non-hydrogen) atoms. The molecule has 1 fully saturated rings. The van der Waals surface area contributed by atoms with Gasteiger partial charge in [0.05, 0.1) is 24.8 Å². The number of hydrogen-bond acceptors (Lipinski definition) is 5. The number of aromatic nitrogens is 1. The van der Waals surface area contributed by atoms with Crippen molar-refractivity contribution in [3.8, 4) is 6.07 Å². The van der Waals surface area contributed by atoms with E-state index in [1.165, 1.54) is 4.88 Å². The van der Waals surface area contributed by atoms with Crippen LogP contribution >= 0.6 is 11.3 Å². The van der Waals surface area contributed by atoms with E-state index in [9.17, 15) is 10.1 Å². The molecular formula is C20H26N4O2S. The third-order valence-electron chi connectivity index (χ3n) is 5.03. The molecule has 6 nitrogen and oxygen atoms in total. The number of ether oxygens (including phenoxy) is 1. The molecule has 3 rings (SSSR count). The van der Waals surface area contributed by atoms with Crippen LogP contribution in [0.3, 0.4) is 0 Å². The number of thiophene rings is 1. The number of nitriles is 1. The normalized spacial score (nSPS) is 16.6. The Kier molecular flexibility index (Phi) is 6.32. The first kappa shape index (κ1) is 19.6. The van der Waals surface area contributed by atoms with Crippen molar-refractivity contribution in [1.29, 1.82) is 5.26 Å². The molecule has 7 heteroatoms. The Morgan fingerprint density at radius 2 is 2.33 bits per heavy atom. The summed E-state index contributed by atoms with van der Waals surface area (Å²) < 4.78 is 7.78. The average Bonchev–Trinajstić information content (AvgIpc) is 3.35. The van der Waals surface area contributed by atoms with Crippen LogP contribution in [0.15, 0.2) is 17.5 Å². The molecule has 2 aromatic heterocycles. The van der Waals surface area contributed by atoms with Gasteiger partial charge < -0.3 is 14.6 Å². The van der Waals surface area contributed by atoms with E-state index in [1.54, 1.807) is 11.3 Å². The molecule has 1 aliphatic rings. The minimum atomic E-state index is -0.114. The van der Waals surface area contributed by atoms with Crippen LogP contribution in [-0.4, -0.2) is 41.7 Å². The number of amides is 1. The summed E-state index contributed by atoms with van der Waals surface area (Å²) >= 11 is 1.68. The summed E-state index contributed by atoms with van der Waals surface area (Å²) in [5.41, 5.74) is 2.46. The topological polar surface area (TPSA) is 70.3 Å². The number of nitrogens with one attached hydrogen (secondary N) is 1. The molecule has 0 radical (unpaired) electrons. The maximum absolute atomic E-state index is 12.6. The summed E-state index contributed by atoms with van der Waals surface area (Å²) in [5.74, 6) is 0.481. The first-order valence-corrected chi connectivity index (χ1v) is 10.1. The minimum Gasteiger partial charge on any atom is -0.376 e. The molecule has 0 aliphatic carbocycles. The lowest BCUT2D eigenvalue weighted by atomic mass is 10.2. The van der Waals surface area contributed by atoms with Gasteiger partial charge in [-0.25, -0.2) is 0 Å². The Labute approximate surface area is 164 Å². The summed E-state index contributed by atoms with van der Waals surface area (Å²) in [6.07, 6.45) is 2.21. The lowest BCUT2D eigenvalue weighted by molar-refractivity contribution is -0.117. The summed E-state index contributed by atoms with van der Waals surface area (Å²) in [6, 6.07) is 6.33. The molecule has 1 atom stereocenters. The van der Waals surface area contributed by atoms with Crippen molar-refractivity contribution >= 4 is 23.1 Å². The number of anilines is 1. The highest BCUT2D eigenvalue weighted by Crippen LogP contribution is 2.28. The molecule has 0 saturated carbocycles. The molecule has 1 aliphatic heterocycles. The van der Waals surface area contributed by atoms with E-state index in [-0.39, 0.29) is 18.6 Å². The van der Waals surface area contributed by atoms with Crippen LogP contribution in [0.5, 0.6) is 0 Å². The largest absolute Gasteiger partial charge is 0.376 e. The van der Waals surface area contributed by atoms with Crippen LogP contribution in [0.1, 0.15) is 34.5 Å². The van der Waals surface area contributed by atoms with Crippen LogP contribution in [0.4, 0.5) is 5.82 Å². The van der Waals surface area contributed by atoms with Crippen molar-refractivity contribution in [1.82, 2.24) is 9.47 Å². The van der Waals surface area contributed by atoms with Crippen molar-refractivity contribution < 1.29 is 9.53 Å². The Hall–Kier alpha value is -2.14. The molecule has 1 N–H and O–H groups in total. The first-order chi connectivity index (χ1) is 13.0. The van der Waals surface area contributed by atoms with Gasteiger partial charge in [0.25, 0.3) is 0 Å². The van der Waals surface area contributed by atoms with Gasteiger partial charge in [-0.15, -0.1) is 11.3 Å². The standard InChI is InChI=1S/C20H26N4O2S/c1-14-15(2)24(11-16-6-4-8-26-16)20(18(14)10-21)22-19(25)13-23(3)12-17-7-5-9-27-17/h5,7,9,16H,4,6,8,11-13H2,1-3H3,(H,22,25). The fourth-order valence-corrected chi connectivity index (χ4v) is 4.28. The van der Waals surface area contributed by atoms with Gasteiger partial charge in [0, 0.05) is 23.7 Å². The number of hydrogen-bond donors (Lipinski definition) is 1. The fraction of sp³-hybridized carbons (Fsp3) is 0.500. The van der Waals surface area contributed by atoms with E-state index in [1.807, 2.05) is 41.8 Å². The van der Waals surface area contributed by atoms with Crippen LogP contribution in [0.2, 0.25) is 0 Å². The van der Waals surface area contributed by atoms with E-state index in [0.717, 1.165) is 37.3 Å². The zero-order chi connectivity index (χ0) is 19.4. The lowest BCUT2D eigenvalue weighted by Gasteiger charge is -2.19. The van der Waals surface area contributed by atoms with Gasteiger partial charge >= 0.3 is 0 Å². The molecule has 0 aromatic carbocycles. The predicted molar refractivity (Wildman–Crippen MR) is 107 cm³/mol. The maximum atomic E-state index is 12.6. The van der Waals surface area contributed by atoms with E-state index >= 15 is 0 Å². The van der Waals surface area contributed by atoms with Gasteiger partial charge in [0.1, 0.15) is 11.9 Å². The molecule has 2 aromatic rings. The van der Waals surface area contributed by atoms with Gasteiger partial charge in [-0.1, -0.05) is 6.07 Å². The zero-order valence-corrected chi connectivity index (χ0v) is 16.9. The molecule has 0 spiro atoms. The van der Waals surface area contributed by atoms with Crippen molar-refractivity contribution in [2.24, 2.45) is 0 Å². The predicted octanol–water partition coefficient (Wildman–Crippen LogP) is 3.29. The Morgan fingerprint density at radius 3 is 2.96 bits per heavy atom. The van der Waals surface area contributed by atoms with E-state index in [2.05, 4.69) is 17.5 Å². The highest BCUT2D eigenvalue weighted by Gasteiger charge is 2.24. The van der Waals surface area contributed by atoms with Crippen LogP contribution < -0.4 is 5.32 Å². The Morgan fingerprint density at radius 1 is 1.52 bits per heavy atom. The van der Waals surface area contributed by atoms with Gasteiger partial charge in [-0.05, 0) is 50.7 Å². The average molecular weight is 387 g/mol. The van der Waals surface area contributed by atoms with Crippen LogP contribution in [0.25, 0.3) is 0 Å². The van der Waals surface area contributed by atoms with E-state index in [4.69, 9.17) is 4.74 Å². The maximum Gasteiger partial charge on any atom is 0.239 e. The Bertz CT molecular complexity index is 829. The van der Waals surface area contributed by atoms with E-state index < -0.39 is 0 Å². The second-order valence-electron chi connectivity index (χ2n) is 7.09. The minimum absolute atomic E-state index is 0.114. The highest BCUT2D eigenvalue weighted by atomic mass is 32.1. The molecule has 144 valence electrons. The first-order valence-electron chi connectivity index (χ1n) is 9.21. The number of carbonyl (C=O) groups excluding carboxylic acids is 1. The summed E-state index contributed by atoms with van der Waals surface area (Å²) in [4.78, 5) is 15.8. The molecule has 1 unspecified atom stereocenters. The van der Waals surface area contributed by atoms with Gasteiger partial charge in [0.2, 0.25) is 5.91 Å². The van der Waals surface area contributed by atoms with Crippen molar-refractivity contribution in [3.05, 3.63) is 39.2 Å². The number of rotatable bonds is 7. The smallest absolute Gasteiger partial charge is 0.239 e. The van der Waals surface area contributed by atoms with Crippen molar-refractivity contribution in [2.45, 2.75) is 45.9 Å². The second kappa shape index (κ2) is 8.70. The van der Waals surface area contributed by atoms with Crippen molar-refractivity contribution in [2.75, 3.05) is 25.5 Å². The molecule has 1 amide bonds. The summed E-state index contributed by atoms with van der Waals surface area (Å²) in [7, 11) is 1.92. The van der Waals surface area contributed by atoms with Gasteiger partial charge in [-0.2, -0.15) is 5.26 Å². The van der Waals surface area contributed by atoms with Crippen LogP contribution in [-0.2, 0) is 22.6 Å². The van der Waals surface area contributed by atoms with Crippen molar-refractivity contribution in [3.63, 3.8) is 0 Å². The summed E-state index contributed by atoms with van der Waals surface area (Å²) in [5, 5.41) is 14.6. The second-order valence-corrected chi connectivity index (χ2v) is 8.12. The number of nitrogens with zero attached hydrogens (tertiary/aromatic N) is 3. The third-order valence-corrected chi connectivity index (χ3v) is 5.89. The molecule has 3 heterocycles. The third kappa shape index (κ3) is 4.59. The van der Waals surface area contributed by atoms with Crippen LogP contribution in [0, 0.1) is 25.2 Å². The quantitative estimate of drug-likeness (QED) is 0.793. The SMILES string of the molecule is Cc1c(C#N)c(NC(=O)CN(C)Cc2cccs2)n(CC2CCCO2)c1C. The molecular weight excluding hydrogens is 360 g/mol. The van der Waals surface area contributed by atoms with E-state index in [0.29, 0.717) is 17.9 Å². The highest BCUT2D eigenvalue weighted by molar-refractivity contribution is 7.09. The van der Waals surface area contributed by atoms with Gasteiger partial charge in [0.15, 0.2) is 0 Å².